The summed E-state index contributed by atoms with van der Waals surface area (Å²) in [5.41, 5.74) is 3.15. The van der Waals surface area contributed by atoms with Crippen molar-refractivity contribution in [1.82, 2.24) is 34.7 Å². The lowest BCUT2D eigenvalue weighted by molar-refractivity contribution is 0.0765. The van der Waals surface area contributed by atoms with Gasteiger partial charge in [-0.05, 0) is 50.1 Å². The van der Waals surface area contributed by atoms with Crippen LogP contribution in [-0.2, 0) is 6.42 Å². The van der Waals surface area contributed by atoms with E-state index in [4.69, 9.17) is 0 Å². The summed E-state index contributed by atoms with van der Waals surface area (Å²) in [4.78, 5) is 20.6. The van der Waals surface area contributed by atoms with Crippen LogP contribution < -0.4 is 0 Å². The van der Waals surface area contributed by atoms with Crippen LogP contribution in [-0.4, -0.2) is 53.7 Å². The number of likely N-dealkylation sites (N-methyl/N-ethyl adjacent to an activating group) is 1. The largest absolute Gasteiger partial charge is 0.339 e. The molecule has 1 aromatic carbocycles. The number of aryl methyl sites for hydroxylation is 1. The van der Waals surface area contributed by atoms with Crippen LogP contribution in [0.1, 0.15) is 28.4 Å². The number of nitrogens with zero attached hydrogens (tertiary/aromatic N) is 7. The van der Waals surface area contributed by atoms with Gasteiger partial charge in [0.2, 0.25) is 0 Å². The second kappa shape index (κ2) is 8.86. The zero-order valence-corrected chi connectivity index (χ0v) is 17.3. The van der Waals surface area contributed by atoms with Crippen LogP contribution >= 0.6 is 0 Å². The summed E-state index contributed by atoms with van der Waals surface area (Å²) in [5, 5.41) is 12.6. The average Bonchev–Trinajstić information content (AvgIpc) is 3.47. The van der Waals surface area contributed by atoms with Gasteiger partial charge in [0.15, 0.2) is 5.82 Å². The number of carbonyl (C=O) groups excluding carboxylic acids is 1. The van der Waals surface area contributed by atoms with Crippen LogP contribution in [0.15, 0.2) is 61.3 Å². The molecular formula is C22H22FN7O. The zero-order valence-electron chi connectivity index (χ0n) is 17.3. The van der Waals surface area contributed by atoms with Gasteiger partial charge in [0, 0.05) is 19.3 Å². The van der Waals surface area contributed by atoms with E-state index in [9.17, 15) is 9.18 Å². The summed E-state index contributed by atoms with van der Waals surface area (Å²) in [6.07, 6.45) is 8.52. The Morgan fingerprint density at radius 1 is 1.10 bits per heavy atom. The molecule has 1 amide bonds. The minimum absolute atomic E-state index is 0.0777. The van der Waals surface area contributed by atoms with Crippen molar-refractivity contribution in [2.75, 3.05) is 13.1 Å². The van der Waals surface area contributed by atoms with Gasteiger partial charge in [-0.25, -0.2) is 14.1 Å². The van der Waals surface area contributed by atoms with Gasteiger partial charge < -0.3 is 4.90 Å². The third-order valence-corrected chi connectivity index (χ3v) is 4.94. The molecule has 4 aromatic rings. The fourth-order valence-corrected chi connectivity index (χ4v) is 3.29. The summed E-state index contributed by atoms with van der Waals surface area (Å²) in [6, 6.07) is 8.56. The maximum Gasteiger partial charge on any atom is 0.256 e. The van der Waals surface area contributed by atoms with Gasteiger partial charge in [0.1, 0.15) is 5.82 Å². The summed E-state index contributed by atoms with van der Waals surface area (Å²) in [7, 11) is 0. The molecule has 0 unspecified atom stereocenters. The first-order valence-corrected chi connectivity index (χ1v) is 9.97. The van der Waals surface area contributed by atoms with Crippen LogP contribution in [0.25, 0.3) is 11.5 Å². The molecule has 4 rings (SSSR count). The van der Waals surface area contributed by atoms with Crippen LogP contribution in [0, 0.1) is 12.7 Å². The van der Waals surface area contributed by atoms with E-state index in [2.05, 4.69) is 20.3 Å². The highest BCUT2D eigenvalue weighted by molar-refractivity contribution is 5.98. The Hall–Kier alpha value is -3.88. The molecule has 0 radical (unpaired) electrons. The SMILES string of the molecule is CCN(CCc1cnn(-c2ccc(F)cn2)c1)C(=O)c1cc(C)ccc1-n1nccn1. The molecule has 0 aliphatic carbocycles. The summed E-state index contributed by atoms with van der Waals surface area (Å²) in [5.74, 6) is 0.0624. The minimum atomic E-state index is -0.394. The normalized spacial score (nSPS) is 10.9. The summed E-state index contributed by atoms with van der Waals surface area (Å²) in [6.45, 7) is 4.99. The maximum atomic E-state index is 13.3. The molecule has 9 heteroatoms. The molecule has 0 fully saturated rings. The van der Waals surface area contributed by atoms with Crippen molar-refractivity contribution in [1.29, 1.82) is 0 Å². The minimum Gasteiger partial charge on any atom is -0.339 e. The quantitative estimate of drug-likeness (QED) is 0.460. The van der Waals surface area contributed by atoms with Crippen molar-refractivity contribution < 1.29 is 9.18 Å². The fourth-order valence-electron chi connectivity index (χ4n) is 3.29. The van der Waals surface area contributed by atoms with Crippen LogP contribution in [0.5, 0.6) is 0 Å². The van der Waals surface area contributed by atoms with E-state index < -0.39 is 5.82 Å². The van der Waals surface area contributed by atoms with E-state index in [0.717, 1.165) is 17.3 Å². The molecule has 0 saturated carbocycles. The van der Waals surface area contributed by atoms with Crippen LogP contribution in [0.4, 0.5) is 4.39 Å². The number of pyridine rings is 1. The van der Waals surface area contributed by atoms with Crippen molar-refractivity contribution in [3.63, 3.8) is 0 Å². The Labute approximate surface area is 179 Å². The van der Waals surface area contributed by atoms with Gasteiger partial charge in [-0.3, -0.25) is 4.79 Å². The molecule has 0 bridgehead atoms. The van der Waals surface area contributed by atoms with E-state index in [1.54, 1.807) is 34.2 Å². The molecule has 31 heavy (non-hydrogen) atoms. The second-order valence-corrected chi connectivity index (χ2v) is 7.10. The van der Waals surface area contributed by atoms with Gasteiger partial charge in [0.05, 0.1) is 36.0 Å². The predicted molar refractivity (Wildman–Crippen MR) is 113 cm³/mol. The molecule has 158 valence electrons. The van der Waals surface area contributed by atoms with E-state index >= 15 is 0 Å². The van der Waals surface area contributed by atoms with E-state index in [1.807, 2.05) is 38.2 Å². The van der Waals surface area contributed by atoms with E-state index in [0.29, 0.717) is 36.6 Å². The third kappa shape index (κ3) is 4.50. The Balaban J connectivity index is 1.50. The van der Waals surface area contributed by atoms with Crippen molar-refractivity contribution >= 4 is 5.91 Å². The molecule has 0 saturated heterocycles. The standard InChI is InChI=1S/C22H22FN7O/c1-3-28(11-8-17-13-27-29(15-17)21-7-5-18(23)14-24-21)22(31)19-12-16(2)4-6-20(19)30-25-9-10-26-30/h4-7,9-10,12-15H,3,8,11H2,1-2H3. The third-order valence-electron chi connectivity index (χ3n) is 4.94. The molecule has 0 aliphatic heterocycles. The number of carbonyl (C=O) groups is 1. The number of hydrogen-bond donors (Lipinski definition) is 0. The summed E-state index contributed by atoms with van der Waals surface area (Å²) < 4.78 is 14.7. The highest BCUT2D eigenvalue weighted by atomic mass is 19.1. The predicted octanol–water partition coefficient (Wildman–Crippen LogP) is 3.00. The molecule has 3 aromatic heterocycles. The Morgan fingerprint density at radius 2 is 1.90 bits per heavy atom. The Kier molecular flexibility index (Phi) is 5.83. The topological polar surface area (TPSA) is 81.7 Å². The smallest absolute Gasteiger partial charge is 0.256 e. The molecule has 0 N–H and O–H groups in total. The maximum absolute atomic E-state index is 13.3. The van der Waals surface area contributed by atoms with E-state index in [1.165, 1.54) is 10.9 Å². The second-order valence-electron chi connectivity index (χ2n) is 7.10. The van der Waals surface area contributed by atoms with Crippen LogP contribution in [0.3, 0.4) is 0 Å². The van der Waals surface area contributed by atoms with Gasteiger partial charge in [0.25, 0.3) is 5.91 Å². The molecular weight excluding hydrogens is 397 g/mol. The Morgan fingerprint density at radius 3 is 2.61 bits per heavy atom. The Bertz CT molecular complexity index is 1170. The average molecular weight is 419 g/mol. The number of rotatable bonds is 7. The first-order valence-electron chi connectivity index (χ1n) is 9.97. The lowest BCUT2D eigenvalue weighted by Gasteiger charge is -2.22. The van der Waals surface area contributed by atoms with Gasteiger partial charge in [-0.2, -0.15) is 20.1 Å². The number of halogens is 1. The van der Waals surface area contributed by atoms with E-state index in [-0.39, 0.29) is 5.91 Å². The van der Waals surface area contributed by atoms with Gasteiger partial charge in [-0.1, -0.05) is 11.6 Å². The lowest BCUT2D eigenvalue weighted by Crippen LogP contribution is -2.33. The van der Waals surface area contributed by atoms with Gasteiger partial charge in [-0.15, -0.1) is 0 Å². The lowest BCUT2D eigenvalue weighted by atomic mass is 10.1. The van der Waals surface area contributed by atoms with Crippen molar-refractivity contribution in [3.8, 4) is 11.5 Å². The van der Waals surface area contributed by atoms with Crippen molar-refractivity contribution in [2.45, 2.75) is 20.3 Å². The monoisotopic (exact) mass is 419 g/mol. The zero-order chi connectivity index (χ0) is 21.8. The highest BCUT2D eigenvalue weighted by Gasteiger charge is 2.20. The number of aromatic nitrogens is 6. The number of hydrogen-bond acceptors (Lipinski definition) is 5. The van der Waals surface area contributed by atoms with Crippen molar-refractivity contribution in [2.24, 2.45) is 0 Å². The number of benzene rings is 1. The first-order chi connectivity index (χ1) is 15.0. The molecule has 3 heterocycles. The van der Waals surface area contributed by atoms with Gasteiger partial charge >= 0.3 is 0 Å². The molecule has 0 spiro atoms. The summed E-state index contributed by atoms with van der Waals surface area (Å²) >= 11 is 0. The molecule has 0 atom stereocenters. The molecule has 8 nitrogen and oxygen atoms in total. The number of amides is 1. The first kappa shape index (κ1) is 20.4. The fraction of sp³-hybridized carbons (Fsp3) is 0.227. The van der Waals surface area contributed by atoms with Crippen LogP contribution in [0.2, 0.25) is 0 Å². The highest BCUT2D eigenvalue weighted by Crippen LogP contribution is 2.18. The van der Waals surface area contributed by atoms with Crippen molar-refractivity contribution in [3.05, 3.63) is 83.8 Å². The molecule has 0 aliphatic rings.